The van der Waals surface area contributed by atoms with Crippen LogP contribution in [-0.4, -0.2) is 23.7 Å². The summed E-state index contributed by atoms with van der Waals surface area (Å²) in [6, 6.07) is 13.6. The van der Waals surface area contributed by atoms with Crippen molar-refractivity contribution in [3.63, 3.8) is 0 Å². The molecule has 0 aliphatic heterocycles. The van der Waals surface area contributed by atoms with Crippen LogP contribution in [0.3, 0.4) is 0 Å². The van der Waals surface area contributed by atoms with Crippen molar-refractivity contribution in [2.45, 2.75) is 46.5 Å². The standard InChI is InChI=1S/C23H29N3O4/c1-22(2,3)16-23(4,5)18-8-12-20(13-9-18)30-15-21(27)25-24-14-17-6-10-19(11-7-17)26(28)29/h6-14H,15-16H2,1-5H3,(H,25,27)/b24-14+. The topological polar surface area (TPSA) is 93.8 Å². The summed E-state index contributed by atoms with van der Waals surface area (Å²) in [5.41, 5.74) is 4.50. The van der Waals surface area contributed by atoms with Crippen molar-refractivity contribution in [1.82, 2.24) is 5.43 Å². The summed E-state index contributed by atoms with van der Waals surface area (Å²) in [6.07, 6.45) is 2.46. The van der Waals surface area contributed by atoms with Gasteiger partial charge in [-0.1, -0.05) is 46.8 Å². The number of rotatable bonds is 8. The number of nitro benzene ring substituents is 1. The Morgan fingerprint density at radius 1 is 1.07 bits per heavy atom. The highest BCUT2D eigenvalue weighted by atomic mass is 16.6. The van der Waals surface area contributed by atoms with Gasteiger partial charge in [0.05, 0.1) is 11.1 Å². The van der Waals surface area contributed by atoms with E-state index in [1.165, 1.54) is 23.9 Å². The molecule has 2 aromatic rings. The van der Waals surface area contributed by atoms with E-state index >= 15 is 0 Å². The van der Waals surface area contributed by atoms with E-state index < -0.39 is 10.8 Å². The molecule has 0 heterocycles. The first kappa shape index (κ1) is 23.1. The molecule has 2 aromatic carbocycles. The highest BCUT2D eigenvalue weighted by Crippen LogP contribution is 2.36. The average molecular weight is 412 g/mol. The Labute approximate surface area is 177 Å². The molecule has 0 aromatic heterocycles. The molecule has 0 saturated carbocycles. The van der Waals surface area contributed by atoms with Gasteiger partial charge in [0.15, 0.2) is 6.61 Å². The van der Waals surface area contributed by atoms with Gasteiger partial charge in [-0.05, 0) is 52.6 Å². The van der Waals surface area contributed by atoms with Gasteiger partial charge in [-0.3, -0.25) is 14.9 Å². The summed E-state index contributed by atoms with van der Waals surface area (Å²) in [7, 11) is 0. The van der Waals surface area contributed by atoms with E-state index in [0.717, 1.165) is 6.42 Å². The predicted octanol–water partition coefficient (Wildman–Crippen LogP) is 4.84. The monoisotopic (exact) mass is 411 g/mol. The van der Waals surface area contributed by atoms with Gasteiger partial charge < -0.3 is 4.74 Å². The highest BCUT2D eigenvalue weighted by Gasteiger charge is 2.27. The largest absolute Gasteiger partial charge is 0.484 e. The Hall–Kier alpha value is -3.22. The zero-order valence-electron chi connectivity index (χ0n) is 18.1. The number of carbonyl (C=O) groups is 1. The van der Waals surface area contributed by atoms with Crippen molar-refractivity contribution in [2.75, 3.05) is 6.61 Å². The number of hydrogen-bond donors (Lipinski definition) is 1. The van der Waals surface area contributed by atoms with Gasteiger partial charge in [0.25, 0.3) is 11.6 Å². The lowest BCUT2D eigenvalue weighted by molar-refractivity contribution is -0.384. The van der Waals surface area contributed by atoms with Crippen LogP contribution in [0.1, 0.15) is 52.2 Å². The SMILES string of the molecule is CC(C)(C)CC(C)(C)c1ccc(OCC(=O)N/N=C/c2ccc([N+](=O)[O-])cc2)cc1. The molecule has 160 valence electrons. The first-order valence-electron chi connectivity index (χ1n) is 9.76. The minimum atomic E-state index is -0.474. The van der Waals surface area contributed by atoms with Gasteiger partial charge in [-0.25, -0.2) is 5.43 Å². The first-order valence-corrected chi connectivity index (χ1v) is 9.76. The smallest absolute Gasteiger partial charge is 0.277 e. The Balaban J connectivity index is 1.83. The number of nitrogens with one attached hydrogen (secondary N) is 1. The first-order chi connectivity index (χ1) is 14.0. The van der Waals surface area contributed by atoms with E-state index in [9.17, 15) is 14.9 Å². The number of benzene rings is 2. The van der Waals surface area contributed by atoms with Crippen molar-refractivity contribution in [1.29, 1.82) is 0 Å². The quantitative estimate of drug-likeness (QED) is 0.382. The number of nitro groups is 1. The number of hydrazone groups is 1. The van der Waals surface area contributed by atoms with Crippen LogP contribution < -0.4 is 10.2 Å². The molecule has 0 aliphatic rings. The predicted molar refractivity (Wildman–Crippen MR) is 118 cm³/mol. The van der Waals surface area contributed by atoms with Crippen molar-refractivity contribution >= 4 is 17.8 Å². The van der Waals surface area contributed by atoms with Crippen LogP contribution in [0.15, 0.2) is 53.6 Å². The number of amides is 1. The summed E-state index contributed by atoms with van der Waals surface area (Å²) < 4.78 is 5.52. The molecule has 0 bridgehead atoms. The van der Waals surface area contributed by atoms with Crippen LogP contribution in [0.4, 0.5) is 5.69 Å². The lowest BCUT2D eigenvalue weighted by Crippen LogP contribution is -2.25. The van der Waals surface area contributed by atoms with Crippen molar-refractivity contribution < 1.29 is 14.5 Å². The van der Waals surface area contributed by atoms with Crippen LogP contribution in [0.2, 0.25) is 0 Å². The van der Waals surface area contributed by atoms with Gasteiger partial charge in [0.2, 0.25) is 0 Å². The van der Waals surface area contributed by atoms with Crippen LogP contribution >= 0.6 is 0 Å². The second kappa shape index (κ2) is 9.52. The summed E-state index contributed by atoms with van der Waals surface area (Å²) in [6.45, 7) is 11.0. The molecule has 0 saturated heterocycles. The molecule has 1 amide bonds. The Bertz CT molecular complexity index is 896. The third kappa shape index (κ3) is 7.31. The van der Waals surface area contributed by atoms with Crippen LogP contribution in [0.5, 0.6) is 5.75 Å². The Morgan fingerprint density at radius 2 is 1.67 bits per heavy atom. The fourth-order valence-corrected chi connectivity index (χ4v) is 3.47. The van der Waals surface area contributed by atoms with Gasteiger partial charge in [0, 0.05) is 12.1 Å². The second-order valence-corrected chi connectivity index (χ2v) is 9.08. The van der Waals surface area contributed by atoms with Gasteiger partial charge >= 0.3 is 0 Å². The van der Waals surface area contributed by atoms with E-state index in [1.54, 1.807) is 12.1 Å². The van der Waals surface area contributed by atoms with Crippen LogP contribution in [0, 0.1) is 15.5 Å². The Kier molecular flexibility index (Phi) is 7.32. The molecular formula is C23H29N3O4. The van der Waals surface area contributed by atoms with Crippen molar-refractivity contribution in [3.8, 4) is 5.75 Å². The zero-order chi connectivity index (χ0) is 22.4. The third-order valence-corrected chi connectivity index (χ3v) is 4.48. The van der Waals surface area contributed by atoms with E-state index in [1.807, 2.05) is 24.3 Å². The number of nitrogens with zero attached hydrogens (tertiary/aromatic N) is 2. The van der Waals surface area contributed by atoms with Crippen molar-refractivity contribution in [3.05, 3.63) is 69.8 Å². The average Bonchev–Trinajstić information content (AvgIpc) is 2.65. The molecular weight excluding hydrogens is 382 g/mol. The van der Waals surface area contributed by atoms with Gasteiger partial charge in [0.1, 0.15) is 5.75 Å². The molecule has 0 aliphatic carbocycles. The maximum Gasteiger partial charge on any atom is 0.277 e. The van der Waals surface area contributed by atoms with E-state index in [4.69, 9.17) is 4.74 Å². The molecule has 0 unspecified atom stereocenters. The molecule has 30 heavy (non-hydrogen) atoms. The van der Waals surface area contributed by atoms with Crippen LogP contribution in [-0.2, 0) is 10.2 Å². The van der Waals surface area contributed by atoms with E-state index in [2.05, 4.69) is 45.1 Å². The number of non-ortho nitro benzene ring substituents is 1. The molecule has 0 fully saturated rings. The third-order valence-electron chi connectivity index (χ3n) is 4.48. The van der Waals surface area contributed by atoms with Gasteiger partial charge in [-0.2, -0.15) is 5.10 Å². The van der Waals surface area contributed by atoms with E-state index in [0.29, 0.717) is 11.3 Å². The maximum absolute atomic E-state index is 11.9. The molecule has 7 nitrogen and oxygen atoms in total. The summed E-state index contributed by atoms with van der Waals surface area (Å²) in [5.74, 6) is 0.213. The molecule has 0 atom stereocenters. The number of ether oxygens (including phenoxy) is 1. The highest BCUT2D eigenvalue weighted by molar-refractivity contribution is 5.83. The summed E-state index contributed by atoms with van der Waals surface area (Å²) in [5, 5.41) is 14.5. The fourth-order valence-electron chi connectivity index (χ4n) is 3.47. The molecule has 0 radical (unpaired) electrons. The number of carbonyl (C=O) groups excluding carboxylic acids is 1. The lowest BCUT2D eigenvalue weighted by atomic mass is 9.72. The minimum Gasteiger partial charge on any atom is -0.484 e. The molecule has 1 N–H and O–H groups in total. The molecule has 0 spiro atoms. The minimum absolute atomic E-state index is 0.00241. The zero-order valence-corrected chi connectivity index (χ0v) is 18.1. The molecule has 7 heteroatoms. The van der Waals surface area contributed by atoms with Crippen LogP contribution in [0.25, 0.3) is 0 Å². The normalized spacial score (nSPS) is 12.0. The van der Waals surface area contributed by atoms with E-state index in [-0.39, 0.29) is 23.1 Å². The second-order valence-electron chi connectivity index (χ2n) is 9.08. The molecule has 2 rings (SSSR count). The Morgan fingerprint density at radius 3 is 2.20 bits per heavy atom. The lowest BCUT2D eigenvalue weighted by Gasteiger charge is -2.33. The number of hydrogen-bond acceptors (Lipinski definition) is 5. The van der Waals surface area contributed by atoms with Gasteiger partial charge in [-0.15, -0.1) is 0 Å². The summed E-state index contributed by atoms with van der Waals surface area (Å²) >= 11 is 0. The maximum atomic E-state index is 11.9. The fraction of sp³-hybridized carbons (Fsp3) is 0.391. The van der Waals surface area contributed by atoms with Crippen molar-refractivity contribution in [2.24, 2.45) is 10.5 Å². The summed E-state index contributed by atoms with van der Waals surface area (Å²) in [4.78, 5) is 22.0.